The summed E-state index contributed by atoms with van der Waals surface area (Å²) < 4.78 is 82.5. The van der Waals surface area contributed by atoms with Crippen LogP contribution in [-0.4, -0.2) is 23.1 Å². The lowest BCUT2D eigenvalue weighted by atomic mass is 10.00. The van der Waals surface area contributed by atoms with Gasteiger partial charge in [-0.2, -0.15) is 26.3 Å². The molecule has 1 unspecified atom stereocenters. The minimum absolute atomic E-state index is 0.0313. The molecule has 0 aromatic heterocycles. The summed E-state index contributed by atoms with van der Waals surface area (Å²) >= 11 is 0. The fraction of sp³-hybridized carbons (Fsp3) is 0.562. The lowest BCUT2D eigenvalue weighted by molar-refractivity contribution is -0.143. The molecule has 1 aromatic carbocycles. The van der Waals surface area contributed by atoms with Crippen molar-refractivity contribution in [2.24, 2.45) is 5.92 Å². The van der Waals surface area contributed by atoms with Gasteiger partial charge in [-0.3, -0.25) is 4.90 Å². The Morgan fingerprint density at radius 1 is 1.04 bits per heavy atom. The molecule has 2 rings (SSSR count). The number of amides is 1. The molecule has 1 amide bonds. The monoisotopic (exact) mass is 369 g/mol. The third kappa shape index (κ3) is 4.19. The predicted octanol–water partition coefficient (Wildman–Crippen LogP) is 5.09. The van der Waals surface area contributed by atoms with E-state index in [9.17, 15) is 31.1 Å². The molecule has 1 heterocycles. The quantitative estimate of drug-likeness (QED) is 0.695. The second-order valence-corrected chi connectivity index (χ2v) is 6.38. The van der Waals surface area contributed by atoms with Crippen molar-refractivity contribution in [1.29, 1.82) is 0 Å². The smallest absolute Gasteiger partial charge is 0.416 e. The molecule has 0 aliphatic carbocycles. The van der Waals surface area contributed by atoms with E-state index in [-0.39, 0.29) is 17.5 Å². The molecule has 1 aliphatic rings. The fourth-order valence-corrected chi connectivity index (χ4v) is 2.84. The van der Waals surface area contributed by atoms with Gasteiger partial charge in [0, 0.05) is 6.54 Å². The van der Waals surface area contributed by atoms with Crippen LogP contribution in [0, 0.1) is 5.92 Å². The predicted molar refractivity (Wildman–Crippen MR) is 76.6 cm³/mol. The highest BCUT2D eigenvalue weighted by molar-refractivity contribution is 5.70. The Labute approximate surface area is 140 Å². The third-order valence-corrected chi connectivity index (χ3v) is 4.10. The van der Waals surface area contributed by atoms with Crippen LogP contribution in [0.2, 0.25) is 0 Å². The molecular formula is C16H17F6NO2. The van der Waals surface area contributed by atoms with Gasteiger partial charge in [-0.25, -0.2) is 4.79 Å². The zero-order valence-electron chi connectivity index (χ0n) is 13.7. The van der Waals surface area contributed by atoms with Gasteiger partial charge in [0.1, 0.15) is 6.10 Å². The number of benzene rings is 1. The maximum atomic E-state index is 12.9. The molecule has 1 saturated heterocycles. The number of rotatable bonds is 3. The number of cyclic esters (lactones) is 1. The zero-order chi connectivity index (χ0) is 19.2. The number of halogens is 6. The Kier molecular flexibility index (Phi) is 4.98. The molecule has 9 heteroatoms. The Hall–Kier alpha value is -1.93. The average molecular weight is 369 g/mol. The van der Waals surface area contributed by atoms with Crippen LogP contribution in [-0.2, 0) is 23.6 Å². The molecule has 0 N–H and O–H groups in total. The van der Waals surface area contributed by atoms with Crippen LogP contribution < -0.4 is 0 Å². The van der Waals surface area contributed by atoms with E-state index >= 15 is 0 Å². The normalized spacial score (nSPS) is 21.8. The fourth-order valence-electron chi connectivity index (χ4n) is 2.84. The van der Waals surface area contributed by atoms with Gasteiger partial charge in [-0.05, 0) is 36.6 Å². The van der Waals surface area contributed by atoms with Gasteiger partial charge < -0.3 is 4.74 Å². The minimum atomic E-state index is -4.92. The number of alkyl halides is 6. The Morgan fingerprint density at radius 2 is 1.52 bits per heavy atom. The third-order valence-electron chi connectivity index (χ3n) is 4.10. The highest BCUT2D eigenvalue weighted by atomic mass is 19.4. The first-order valence-electron chi connectivity index (χ1n) is 7.56. The first-order valence-corrected chi connectivity index (χ1v) is 7.56. The van der Waals surface area contributed by atoms with E-state index in [0.29, 0.717) is 12.1 Å². The molecule has 140 valence electrons. The molecule has 1 aliphatic heterocycles. The standard InChI is InChI=1S/C16H17F6NO2/c1-8(2)13-9(3)23(14(24)25-13)7-10-4-11(15(17,18)19)6-12(5-10)16(20,21)22/h4-6,8-9,13H,7H2,1-3H3/t9-,13?/m1/s1. The second-order valence-electron chi connectivity index (χ2n) is 6.38. The van der Waals surface area contributed by atoms with E-state index in [1.807, 2.05) is 13.8 Å². The average Bonchev–Trinajstić information content (AvgIpc) is 2.73. The van der Waals surface area contributed by atoms with E-state index in [1.54, 1.807) is 6.92 Å². The number of ether oxygens (including phenoxy) is 1. The molecule has 0 radical (unpaired) electrons. The van der Waals surface area contributed by atoms with Gasteiger partial charge in [0.25, 0.3) is 0 Å². The molecular weight excluding hydrogens is 352 g/mol. The second kappa shape index (κ2) is 6.42. The van der Waals surface area contributed by atoms with Crippen molar-refractivity contribution in [3.63, 3.8) is 0 Å². The number of carbonyl (C=O) groups excluding carboxylic acids is 1. The Bertz CT molecular complexity index is 621. The van der Waals surface area contributed by atoms with Gasteiger partial charge in [-0.1, -0.05) is 13.8 Å². The topological polar surface area (TPSA) is 29.5 Å². The summed E-state index contributed by atoms with van der Waals surface area (Å²) in [4.78, 5) is 13.1. The number of carbonyl (C=O) groups is 1. The summed E-state index contributed by atoms with van der Waals surface area (Å²) in [7, 11) is 0. The van der Waals surface area contributed by atoms with Crippen molar-refractivity contribution in [1.82, 2.24) is 4.90 Å². The summed E-state index contributed by atoms with van der Waals surface area (Å²) in [5.41, 5.74) is -3.06. The molecule has 0 saturated carbocycles. The van der Waals surface area contributed by atoms with Crippen LogP contribution in [0.3, 0.4) is 0 Å². The van der Waals surface area contributed by atoms with Crippen molar-refractivity contribution in [2.45, 2.75) is 51.8 Å². The Morgan fingerprint density at radius 3 is 1.88 bits per heavy atom. The van der Waals surface area contributed by atoms with Crippen LogP contribution in [0.4, 0.5) is 31.1 Å². The van der Waals surface area contributed by atoms with Crippen LogP contribution >= 0.6 is 0 Å². The van der Waals surface area contributed by atoms with Crippen LogP contribution in [0.25, 0.3) is 0 Å². The number of hydrogen-bond donors (Lipinski definition) is 0. The maximum absolute atomic E-state index is 12.9. The number of nitrogens with zero attached hydrogens (tertiary/aromatic N) is 1. The summed E-state index contributed by atoms with van der Waals surface area (Å²) in [6.45, 7) is 4.87. The summed E-state index contributed by atoms with van der Waals surface area (Å²) in [6.07, 6.45) is -11.1. The van der Waals surface area contributed by atoms with E-state index < -0.39 is 48.3 Å². The van der Waals surface area contributed by atoms with E-state index in [2.05, 4.69) is 0 Å². The van der Waals surface area contributed by atoms with Gasteiger partial charge >= 0.3 is 18.4 Å². The molecule has 0 bridgehead atoms. The van der Waals surface area contributed by atoms with Crippen LogP contribution in [0.15, 0.2) is 18.2 Å². The van der Waals surface area contributed by atoms with Gasteiger partial charge in [0.05, 0.1) is 17.2 Å². The van der Waals surface area contributed by atoms with Crippen molar-refractivity contribution in [3.8, 4) is 0 Å². The summed E-state index contributed by atoms with van der Waals surface area (Å²) in [5.74, 6) is -0.0313. The van der Waals surface area contributed by atoms with Gasteiger partial charge in [0.2, 0.25) is 0 Å². The molecule has 2 atom stereocenters. The Balaban J connectivity index is 2.37. The largest absolute Gasteiger partial charge is 0.444 e. The van der Waals surface area contributed by atoms with Crippen LogP contribution in [0.1, 0.15) is 37.5 Å². The lowest BCUT2D eigenvalue weighted by Crippen LogP contribution is -2.35. The van der Waals surface area contributed by atoms with Crippen LogP contribution in [0.5, 0.6) is 0 Å². The SMILES string of the molecule is CC(C)C1OC(=O)N(Cc2cc(C(F)(F)F)cc(C(F)(F)F)c2)[C@@H]1C. The lowest BCUT2D eigenvalue weighted by Gasteiger charge is -2.23. The molecule has 25 heavy (non-hydrogen) atoms. The van der Waals surface area contributed by atoms with Crippen molar-refractivity contribution in [2.75, 3.05) is 0 Å². The first kappa shape index (κ1) is 19.4. The van der Waals surface area contributed by atoms with Gasteiger partial charge in [-0.15, -0.1) is 0 Å². The minimum Gasteiger partial charge on any atom is -0.444 e. The first-order chi connectivity index (χ1) is 11.3. The van der Waals surface area contributed by atoms with Crippen molar-refractivity contribution in [3.05, 3.63) is 34.9 Å². The maximum Gasteiger partial charge on any atom is 0.416 e. The zero-order valence-corrected chi connectivity index (χ0v) is 13.7. The van der Waals surface area contributed by atoms with Crippen molar-refractivity contribution < 1.29 is 35.9 Å². The molecule has 1 fully saturated rings. The highest BCUT2D eigenvalue weighted by Gasteiger charge is 2.41. The van der Waals surface area contributed by atoms with Crippen molar-refractivity contribution >= 4 is 6.09 Å². The highest BCUT2D eigenvalue weighted by Crippen LogP contribution is 2.37. The molecule has 1 aromatic rings. The molecule has 3 nitrogen and oxygen atoms in total. The summed E-state index contributed by atoms with van der Waals surface area (Å²) in [6, 6.07) is 0.846. The molecule has 0 spiro atoms. The number of hydrogen-bond acceptors (Lipinski definition) is 2. The summed E-state index contributed by atoms with van der Waals surface area (Å²) in [5, 5.41) is 0. The van der Waals surface area contributed by atoms with Gasteiger partial charge in [0.15, 0.2) is 0 Å². The van der Waals surface area contributed by atoms with E-state index in [0.717, 1.165) is 4.90 Å². The van der Waals surface area contributed by atoms with E-state index in [1.165, 1.54) is 0 Å². The van der Waals surface area contributed by atoms with E-state index in [4.69, 9.17) is 4.74 Å².